The first kappa shape index (κ1) is 17.5. The zero-order valence-corrected chi connectivity index (χ0v) is 14.0. The van der Waals surface area contributed by atoms with Gasteiger partial charge in [0.25, 0.3) is 0 Å². The van der Waals surface area contributed by atoms with E-state index in [0.29, 0.717) is 18.1 Å². The Labute approximate surface area is 145 Å². The predicted octanol–water partition coefficient (Wildman–Crippen LogP) is 3.31. The van der Waals surface area contributed by atoms with Crippen molar-refractivity contribution in [1.29, 1.82) is 0 Å². The number of rotatable bonds is 7. The monoisotopic (exact) mass is 347 g/mol. The Bertz CT molecular complexity index is 702. The highest BCUT2D eigenvalue weighted by molar-refractivity contribution is 5.66. The molecule has 1 aromatic heterocycles. The first-order chi connectivity index (χ1) is 12.1. The minimum atomic E-state index is -0.740. The average molecular weight is 347 g/mol. The molecule has 1 unspecified atom stereocenters. The third-order valence-electron chi connectivity index (χ3n) is 4.51. The lowest BCUT2D eigenvalue weighted by Crippen LogP contribution is -2.35. The molecular formula is C18H22FN3O3. The second-order valence-electron chi connectivity index (χ2n) is 6.45. The van der Waals surface area contributed by atoms with Crippen LogP contribution in [0.4, 0.5) is 4.39 Å². The first-order valence-electron chi connectivity index (χ1n) is 8.65. The van der Waals surface area contributed by atoms with Crippen LogP contribution in [0.5, 0.6) is 0 Å². The Morgan fingerprint density at radius 1 is 1.32 bits per heavy atom. The number of aromatic nitrogens is 2. The van der Waals surface area contributed by atoms with Crippen LogP contribution in [0.15, 0.2) is 28.8 Å². The van der Waals surface area contributed by atoms with E-state index in [-0.39, 0.29) is 18.2 Å². The Balaban J connectivity index is 1.56. The summed E-state index contributed by atoms with van der Waals surface area (Å²) >= 11 is 0. The van der Waals surface area contributed by atoms with Gasteiger partial charge >= 0.3 is 5.97 Å². The second-order valence-corrected chi connectivity index (χ2v) is 6.45. The van der Waals surface area contributed by atoms with Crippen molar-refractivity contribution in [2.75, 3.05) is 19.6 Å². The fourth-order valence-electron chi connectivity index (χ4n) is 3.19. The molecule has 0 bridgehead atoms. The summed E-state index contributed by atoms with van der Waals surface area (Å²) in [5.41, 5.74) is 0.734. The molecule has 0 aliphatic carbocycles. The third kappa shape index (κ3) is 4.85. The molecule has 1 aromatic carbocycles. The van der Waals surface area contributed by atoms with E-state index < -0.39 is 5.97 Å². The minimum Gasteiger partial charge on any atom is -0.481 e. The molecule has 2 aromatic rings. The summed E-state index contributed by atoms with van der Waals surface area (Å²) in [4.78, 5) is 17.4. The van der Waals surface area contributed by atoms with E-state index in [9.17, 15) is 9.18 Å². The highest BCUT2D eigenvalue weighted by Crippen LogP contribution is 2.27. The van der Waals surface area contributed by atoms with E-state index in [1.165, 1.54) is 12.1 Å². The zero-order valence-electron chi connectivity index (χ0n) is 14.0. The third-order valence-corrected chi connectivity index (χ3v) is 4.51. The van der Waals surface area contributed by atoms with Crippen molar-refractivity contribution >= 4 is 5.97 Å². The summed E-state index contributed by atoms with van der Waals surface area (Å²) in [5, 5.41) is 12.7. The SMILES string of the molecule is O=C(O)CCCCN1CCCC(c2nc(-c3ccc(F)cc3)no2)C1. The van der Waals surface area contributed by atoms with Crippen molar-refractivity contribution in [2.45, 2.75) is 38.0 Å². The lowest BCUT2D eigenvalue weighted by Gasteiger charge is -2.30. The number of unbranched alkanes of at least 4 members (excludes halogenated alkanes) is 1. The molecule has 6 nitrogen and oxygen atoms in total. The molecule has 1 N–H and O–H groups in total. The van der Waals surface area contributed by atoms with Crippen LogP contribution in [0.3, 0.4) is 0 Å². The number of carboxylic acids is 1. The Kier molecular flexibility index (Phi) is 5.75. The number of nitrogens with zero attached hydrogens (tertiary/aromatic N) is 3. The largest absolute Gasteiger partial charge is 0.481 e. The standard InChI is InChI=1S/C18H22FN3O3/c19-15-8-6-13(7-9-15)17-20-18(25-21-17)14-4-3-11-22(12-14)10-2-1-5-16(23)24/h6-9,14H,1-5,10-12H2,(H,23,24). The number of carboxylic acid groups (broad SMARTS) is 1. The topological polar surface area (TPSA) is 79.5 Å². The molecule has 1 aliphatic rings. The molecule has 0 amide bonds. The Morgan fingerprint density at radius 3 is 2.88 bits per heavy atom. The molecule has 25 heavy (non-hydrogen) atoms. The van der Waals surface area contributed by atoms with E-state index in [1.807, 2.05) is 0 Å². The van der Waals surface area contributed by atoms with Crippen LogP contribution in [-0.4, -0.2) is 45.8 Å². The number of carbonyl (C=O) groups is 1. The normalized spacial score (nSPS) is 18.4. The number of likely N-dealkylation sites (tertiary alicyclic amines) is 1. The maximum atomic E-state index is 13.0. The van der Waals surface area contributed by atoms with Gasteiger partial charge < -0.3 is 14.5 Å². The van der Waals surface area contributed by atoms with Gasteiger partial charge in [0.15, 0.2) is 0 Å². The molecule has 0 saturated carbocycles. The van der Waals surface area contributed by atoms with Gasteiger partial charge in [-0.25, -0.2) is 4.39 Å². The van der Waals surface area contributed by atoms with Gasteiger partial charge in [-0.2, -0.15) is 4.98 Å². The highest BCUT2D eigenvalue weighted by Gasteiger charge is 2.26. The van der Waals surface area contributed by atoms with Crippen LogP contribution in [0, 0.1) is 5.82 Å². The van der Waals surface area contributed by atoms with Gasteiger partial charge in [-0.3, -0.25) is 4.79 Å². The van der Waals surface area contributed by atoms with Crippen molar-refractivity contribution < 1.29 is 18.8 Å². The smallest absolute Gasteiger partial charge is 0.303 e. The molecule has 1 saturated heterocycles. The summed E-state index contributed by atoms with van der Waals surface area (Å²) in [6, 6.07) is 6.04. The first-order valence-corrected chi connectivity index (χ1v) is 8.65. The number of hydrogen-bond donors (Lipinski definition) is 1. The summed E-state index contributed by atoms with van der Waals surface area (Å²) in [7, 11) is 0. The number of benzene rings is 1. The number of piperidine rings is 1. The van der Waals surface area contributed by atoms with E-state index in [2.05, 4.69) is 15.0 Å². The van der Waals surface area contributed by atoms with Gasteiger partial charge in [0.2, 0.25) is 11.7 Å². The van der Waals surface area contributed by atoms with Gasteiger partial charge in [-0.05, 0) is 63.0 Å². The van der Waals surface area contributed by atoms with Crippen LogP contribution in [-0.2, 0) is 4.79 Å². The van der Waals surface area contributed by atoms with Crippen molar-refractivity contribution in [1.82, 2.24) is 15.0 Å². The number of halogens is 1. The maximum absolute atomic E-state index is 13.0. The van der Waals surface area contributed by atoms with Crippen molar-refractivity contribution in [2.24, 2.45) is 0 Å². The van der Waals surface area contributed by atoms with Crippen LogP contribution < -0.4 is 0 Å². The fourth-order valence-corrected chi connectivity index (χ4v) is 3.19. The molecule has 134 valence electrons. The zero-order chi connectivity index (χ0) is 17.6. The summed E-state index contributed by atoms with van der Waals surface area (Å²) in [5.74, 6) is 0.257. The molecule has 3 rings (SSSR count). The average Bonchev–Trinajstić information content (AvgIpc) is 3.10. The Morgan fingerprint density at radius 2 is 2.12 bits per heavy atom. The Hall–Kier alpha value is -2.28. The van der Waals surface area contributed by atoms with Crippen LogP contribution in [0.2, 0.25) is 0 Å². The minimum absolute atomic E-state index is 0.190. The van der Waals surface area contributed by atoms with E-state index in [1.54, 1.807) is 12.1 Å². The summed E-state index contributed by atoms with van der Waals surface area (Å²) < 4.78 is 18.4. The predicted molar refractivity (Wildman–Crippen MR) is 89.6 cm³/mol. The molecule has 7 heteroatoms. The van der Waals surface area contributed by atoms with Crippen LogP contribution >= 0.6 is 0 Å². The molecule has 0 spiro atoms. The highest BCUT2D eigenvalue weighted by atomic mass is 19.1. The number of hydrogen-bond acceptors (Lipinski definition) is 5. The quantitative estimate of drug-likeness (QED) is 0.774. The van der Waals surface area contributed by atoms with Crippen LogP contribution in [0.1, 0.15) is 43.9 Å². The van der Waals surface area contributed by atoms with Gasteiger partial charge in [-0.1, -0.05) is 5.16 Å². The van der Waals surface area contributed by atoms with E-state index in [0.717, 1.165) is 44.5 Å². The fraction of sp³-hybridized carbons (Fsp3) is 0.500. The molecule has 2 heterocycles. The van der Waals surface area contributed by atoms with Gasteiger partial charge in [0.05, 0.1) is 5.92 Å². The summed E-state index contributed by atoms with van der Waals surface area (Å²) in [6.45, 7) is 2.75. The van der Waals surface area contributed by atoms with Gasteiger partial charge in [0, 0.05) is 18.5 Å². The maximum Gasteiger partial charge on any atom is 0.303 e. The molecule has 1 fully saturated rings. The molecule has 1 aliphatic heterocycles. The summed E-state index contributed by atoms with van der Waals surface area (Å²) in [6.07, 6.45) is 3.85. The lowest BCUT2D eigenvalue weighted by molar-refractivity contribution is -0.137. The van der Waals surface area contributed by atoms with E-state index in [4.69, 9.17) is 9.63 Å². The lowest BCUT2D eigenvalue weighted by atomic mass is 9.97. The van der Waals surface area contributed by atoms with Crippen molar-refractivity contribution in [3.63, 3.8) is 0 Å². The van der Waals surface area contributed by atoms with Crippen molar-refractivity contribution in [3.8, 4) is 11.4 Å². The molecule has 0 radical (unpaired) electrons. The van der Waals surface area contributed by atoms with Crippen molar-refractivity contribution in [3.05, 3.63) is 36.0 Å². The molecular weight excluding hydrogens is 325 g/mol. The number of aliphatic carboxylic acids is 1. The van der Waals surface area contributed by atoms with E-state index >= 15 is 0 Å². The second kappa shape index (κ2) is 8.20. The van der Waals surface area contributed by atoms with Crippen LogP contribution in [0.25, 0.3) is 11.4 Å². The molecule has 1 atom stereocenters. The van der Waals surface area contributed by atoms with Gasteiger partial charge in [-0.15, -0.1) is 0 Å². The van der Waals surface area contributed by atoms with Gasteiger partial charge in [0.1, 0.15) is 5.82 Å².